The van der Waals surface area contributed by atoms with Gasteiger partial charge in [0, 0.05) is 19.4 Å². The Kier molecular flexibility index (Phi) is 6.16. The quantitative estimate of drug-likeness (QED) is 0.566. The summed E-state index contributed by atoms with van der Waals surface area (Å²) in [7, 11) is 0. The van der Waals surface area contributed by atoms with Crippen LogP contribution in [0.3, 0.4) is 0 Å². The minimum Gasteiger partial charge on any atom is -0.481 e. The Hall–Kier alpha value is -2.32. The van der Waals surface area contributed by atoms with Crippen molar-refractivity contribution in [1.82, 2.24) is 10.6 Å². The number of hydrogen-bond donors (Lipinski definition) is 4. The molecule has 1 saturated carbocycles. The van der Waals surface area contributed by atoms with Crippen LogP contribution in [0.5, 0.6) is 0 Å². The lowest BCUT2D eigenvalue weighted by Gasteiger charge is -2.27. The predicted octanol–water partition coefficient (Wildman–Crippen LogP) is 0.437. The fourth-order valence-corrected chi connectivity index (χ4v) is 2.86. The van der Waals surface area contributed by atoms with Crippen molar-refractivity contribution in [3.05, 3.63) is 0 Å². The fraction of sp³-hybridized carbons (Fsp3) is 0.733. The van der Waals surface area contributed by atoms with Crippen molar-refractivity contribution in [2.45, 2.75) is 45.8 Å². The molecular weight excluding hydrogens is 320 g/mol. The third-order valence-electron chi connectivity index (χ3n) is 3.82. The zero-order valence-corrected chi connectivity index (χ0v) is 14.2. The van der Waals surface area contributed by atoms with Crippen molar-refractivity contribution in [3.63, 3.8) is 0 Å². The zero-order valence-electron chi connectivity index (χ0n) is 14.2. The van der Waals surface area contributed by atoms with Crippen molar-refractivity contribution in [2.75, 3.05) is 6.54 Å². The number of hydrogen-bond acceptors (Lipinski definition) is 5. The second kappa shape index (κ2) is 7.50. The fourth-order valence-electron chi connectivity index (χ4n) is 2.86. The summed E-state index contributed by atoms with van der Waals surface area (Å²) in [5, 5.41) is 23.7. The van der Waals surface area contributed by atoms with Crippen LogP contribution < -0.4 is 10.6 Å². The molecule has 1 aliphatic rings. The van der Waals surface area contributed by atoms with E-state index in [1.165, 1.54) is 6.92 Å². The molecule has 1 rings (SSSR count). The highest BCUT2D eigenvalue weighted by molar-refractivity contribution is 5.79. The third kappa shape index (κ3) is 5.39. The summed E-state index contributed by atoms with van der Waals surface area (Å²) in [6.45, 7) is 6.20. The maximum Gasteiger partial charge on any atom is 0.407 e. The maximum absolute atomic E-state index is 12.0. The van der Waals surface area contributed by atoms with Crippen LogP contribution in [0, 0.1) is 17.8 Å². The van der Waals surface area contributed by atoms with Gasteiger partial charge in [0.2, 0.25) is 5.91 Å². The SMILES string of the molecule is CC(=O)NC[C@@H]1[C@H](NC(=O)OC(C)(C)C)[C@@H](C(=O)O)C[C@H]1C(=O)O. The lowest BCUT2D eigenvalue weighted by Crippen LogP contribution is -2.49. The highest BCUT2D eigenvalue weighted by Gasteiger charge is 2.50. The van der Waals surface area contributed by atoms with Crippen molar-refractivity contribution in [3.8, 4) is 0 Å². The molecule has 0 unspecified atom stereocenters. The number of carboxylic acid groups (broad SMARTS) is 2. The Morgan fingerprint density at radius 3 is 2.04 bits per heavy atom. The molecule has 136 valence electrons. The molecule has 0 aromatic rings. The summed E-state index contributed by atoms with van der Waals surface area (Å²) in [6.07, 6.45) is -0.951. The number of nitrogens with one attached hydrogen (secondary N) is 2. The molecule has 9 heteroatoms. The van der Waals surface area contributed by atoms with Crippen LogP contribution in [-0.4, -0.2) is 52.3 Å². The Morgan fingerprint density at radius 1 is 1.08 bits per heavy atom. The third-order valence-corrected chi connectivity index (χ3v) is 3.82. The molecule has 0 spiro atoms. The van der Waals surface area contributed by atoms with E-state index in [0.29, 0.717) is 0 Å². The molecule has 24 heavy (non-hydrogen) atoms. The van der Waals surface area contributed by atoms with E-state index in [-0.39, 0.29) is 18.9 Å². The van der Waals surface area contributed by atoms with Crippen LogP contribution in [-0.2, 0) is 19.1 Å². The van der Waals surface area contributed by atoms with E-state index < -0.39 is 47.4 Å². The van der Waals surface area contributed by atoms with Crippen molar-refractivity contribution in [2.24, 2.45) is 17.8 Å². The summed E-state index contributed by atoms with van der Waals surface area (Å²) in [4.78, 5) is 46.0. The smallest absolute Gasteiger partial charge is 0.407 e. The summed E-state index contributed by atoms with van der Waals surface area (Å²) in [5.74, 6) is -5.54. The Bertz CT molecular complexity index is 526. The maximum atomic E-state index is 12.0. The van der Waals surface area contributed by atoms with Crippen LogP contribution in [0.15, 0.2) is 0 Å². The summed E-state index contributed by atoms with van der Waals surface area (Å²) in [6, 6.07) is -0.953. The summed E-state index contributed by atoms with van der Waals surface area (Å²) < 4.78 is 5.12. The van der Waals surface area contributed by atoms with Gasteiger partial charge < -0.3 is 25.6 Å². The molecule has 4 atom stereocenters. The molecule has 1 fully saturated rings. The second-order valence-electron chi connectivity index (χ2n) is 6.90. The van der Waals surface area contributed by atoms with Crippen molar-refractivity contribution >= 4 is 23.9 Å². The number of aliphatic carboxylic acids is 2. The minimum absolute atomic E-state index is 0.0451. The van der Waals surface area contributed by atoms with E-state index in [4.69, 9.17) is 4.74 Å². The molecule has 0 heterocycles. The molecule has 9 nitrogen and oxygen atoms in total. The number of carbonyl (C=O) groups excluding carboxylic acids is 2. The van der Waals surface area contributed by atoms with E-state index in [9.17, 15) is 29.4 Å². The first-order chi connectivity index (χ1) is 10.9. The predicted molar refractivity (Wildman–Crippen MR) is 82.2 cm³/mol. The molecule has 0 saturated heterocycles. The van der Waals surface area contributed by atoms with E-state index in [0.717, 1.165) is 0 Å². The molecule has 0 aromatic carbocycles. The van der Waals surface area contributed by atoms with Gasteiger partial charge in [-0.1, -0.05) is 0 Å². The van der Waals surface area contributed by atoms with Gasteiger partial charge in [0.15, 0.2) is 0 Å². The first-order valence-corrected chi connectivity index (χ1v) is 7.62. The van der Waals surface area contributed by atoms with Gasteiger partial charge in [0.25, 0.3) is 0 Å². The largest absolute Gasteiger partial charge is 0.481 e. The van der Waals surface area contributed by atoms with E-state index in [1.54, 1.807) is 20.8 Å². The Balaban J connectivity index is 3.00. The van der Waals surface area contributed by atoms with Crippen LogP contribution in [0.4, 0.5) is 4.79 Å². The van der Waals surface area contributed by atoms with Gasteiger partial charge in [0.1, 0.15) is 5.60 Å². The lowest BCUT2D eigenvalue weighted by molar-refractivity contribution is -0.143. The molecule has 0 aromatic heterocycles. The minimum atomic E-state index is -1.20. The first kappa shape index (κ1) is 19.7. The highest BCUT2D eigenvalue weighted by atomic mass is 16.6. The molecule has 0 bridgehead atoms. The zero-order chi connectivity index (χ0) is 18.7. The molecule has 2 amide bonds. The van der Waals surface area contributed by atoms with E-state index in [2.05, 4.69) is 10.6 Å². The number of rotatable bonds is 5. The van der Waals surface area contributed by atoms with Crippen LogP contribution in [0.25, 0.3) is 0 Å². The highest BCUT2D eigenvalue weighted by Crippen LogP contribution is 2.37. The van der Waals surface area contributed by atoms with Gasteiger partial charge in [-0.2, -0.15) is 0 Å². The van der Waals surface area contributed by atoms with Crippen molar-refractivity contribution < 1.29 is 34.1 Å². The normalized spacial score (nSPS) is 26.5. The molecule has 4 N–H and O–H groups in total. The summed E-state index contributed by atoms with van der Waals surface area (Å²) in [5.41, 5.74) is -0.777. The van der Waals surface area contributed by atoms with E-state index >= 15 is 0 Å². The van der Waals surface area contributed by atoms with Gasteiger partial charge in [0.05, 0.1) is 17.9 Å². The van der Waals surface area contributed by atoms with Gasteiger partial charge >= 0.3 is 18.0 Å². The average Bonchev–Trinajstić information content (AvgIpc) is 2.72. The average molecular weight is 344 g/mol. The Labute approximate surface area is 139 Å². The van der Waals surface area contributed by atoms with Crippen molar-refractivity contribution in [1.29, 1.82) is 0 Å². The topological polar surface area (TPSA) is 142 Å². The summed E-state index contributed by atoms with van der Waals surface area (Å²) >= 11 is 0. The van der Waals surface area contributed by atoms with Crippen LogP contribution in [0.2, 0.25) is 0 Å². The van der Waals surface area contributed by atoms with Gasteiger partial charge in [-0.3, -0.25) is 14.4 Å². The van der Waals surface area contributed by atoms with Crippen LogP contribution in [0.1, 0.15) is 34.1 Å². The number of alkyl carbamates (subject to hydrolysis) is 1. The van der Waals surface area contributed by atoms with E-state index in [1.807, 2.05) is 0 Å². The standard InChI is InChI=1S/C15H24N2O7/c1-7(18)16-6-10-8(12(19)20)5-9(13(21)22)11(10)17-14(23)24-15(2,3)4/h8-11H,5-6H2,1-4H3,(H,16,18)(H,17,23)(H,19,20)(H,21,22)/t8-,9+,10+,11-/m1/s1. The van der Waals surface area contributed by atoms with Gasteiger partial charge in [-0.15, -0.1) is 0 Å². The molecule has 1 aliphatic carbocycles. The molecule has 0 radical (unpaired) electrons. The van der Waals surface area contributed by atoms with Crippen LogP contribution >= 0.6 is 0 Å². The second-order valence-corrected chi connectivity index (χ2v) is 6.90. The monoisotopic (exact) mass is 344 g/mol. The molecule has 0 aliphatic heterocycles. The Morgan fingerprint density at radius 2 is 1.62 bits per heavy atom. The molecular formula is C15H24N2O7. The lowest BCUT2D eigenvalue weighted by atomic mass is 9.92. The van der Waals surface area contributed by atoms with Gasteiger partial charge in [-0.25, -0.2) is 4.79 Å². The van der Waals surface area contributed by atoms with Gasteiger partial charge in [-0.05, 0) is 27.2 Å². The first-order valence-electron chi connectivity index (χ1n) is 7.62. The number of carbonyl (C=O) groups is 4. The number of amides is 2. The number of carboxylic acids is 2. The number of ether oxygens (including phenoxy) is 1.